The minimum atomic E-state index is -3.80. The zero-order valence-electron chi connectivity index (χ0n) is 17.8. The Bertz CT molecular complexity index is 1480. The van der Waals surface area contributed by atoms with Crippen molar-refractivity contribution in [1.82, 2.24) is 14.8 Å². The third kappa shape index (κ3) is 5.05. The molecular weight excluding hydrogens is 462 g/mol. The molecule has 168 valence electrons. The van der Waals surface area contributed by atoms with Gasteiger partial charge in [-0.1, -0.05) is 35.9 Å². The average Bonchev–Trinajstić information content (AvgIpc) is 3.07. The highest BCUT2D eigenvalue weighted by Gasteiger charge is 2.15. The molecule has 0 saturated heterocycles. The Balaban J connectivity index is 1.43. The SMILES string of the molecule is Cc1nn(C)c2ncc(NC(=O)/C=C/c3ccc(S(=O)(=O)Nc4ccccc4Cl)cc3)cc12. The molecule has 33 heavy (non-hydrogen) atoms. The van der Waals surface area contributed by atoms with Crippen LogP contribution in [-0.4, -0.2) is 29.1 Å². The maximum Gasteiger partial charge on any atom is 0.261 e. The molecule has 0 bridgehead atoms. The minimum Gasteiger partial charge on any atom is -0.321 e. The van der Waals surface area contributed by atoms with E-state index in [1.54, 1.807) is 53.4 Å². The molecule has 2 aromatic carbocycles. The maximum absolute atomic E-state index is 12.6. The number of pyridine rings is 1. The molecule has 4 rings (SSSR count). The van der Waals surface area contributed by atoms with Crippen molar-refractivity contribution >= 4 is 56.0 Å². The Morgan fingerprint density at radius 1 is 1.12 bits per heavy atom. The third-order valence-electron chi connectivity index (χ3n) is 4.87. The van der Waals surface area contributed by atoms with Crippen molar-refractivity contribution < 1.29 is 13.2 Å². The van der Waals surface area contributed by atoms with E-state index in [1.807, 2.05) is 20.0 Å². The van der Waals surface area contributed by atoms with Crippen LogP contribution >= 0.6 is 11.6 Å². The van der Waals surface area contributed by atoms with Crippen LogP contribution in [-0.2, 0) is 21.9 Å². The number of nitrogens with one attached hydrogen (secondary N) is 2. The van der Waals surface area contributed by atoms with Crippen LogP contribution in [0.3, 0.4) is 0 Å². The number of sulfonamides is 1. The van der Waals surface area contributed by atoms with E-state index in [1.165, 1.54) is 18.2 Å². The summed E-state index contributed by atoms with van der Waals surface area (Å²) in [5.41, 5.74) is 3.08. The smallest absolute Gasteiger partial charge is 0.261 e. The highest BCUT2D eigenvalue weighted by atomic mass is 35.5. The van der Waals surface area contributed by atoms with Gasteiger partial charge in [-0.25, -0.2) is 13.4 Å². The largest absolute Gasteiger partial charge is 0.321 e. The molecule has 0 fully saturated rings. The molecule has 0 radical (unpaired) electrons. The lowest BCUT2D eigenvalue weighted by Gasteiger charge is -2.09. The van der Waals surface area contributed by atoms with Gasteiger partial charge in [0.1, 0.15) is 0 Å². The Labute approximate surface area is 196 Å². The number of nitrogens with zero attached hydrogens (tertiary/aromatic N) is 3. The number of carbonyl (C=O) groups is 1. The molecular formula is C23H20ClN5O3S. The molecule has 1 amide bonds. The second-order valence-electron chi connectivity index (χ2n) is 7.28. The summed E-state index contributed by atoms with van der Waals surface area (Å²) in [6, 6.07) is 14.5. The van der Waals surface area contributed by atoms with Gasteiger partial charge in [-0.2, -0.15) is 5.10 Å². The molecule has 0 aliphatic heterocycles. The predicted molar refractivity (Wildman–Crippen MR) is 130 cm³/mol. The molecule has 0 saturated carbocycles. The Hall–Kier alpha value is -3.69. The van der Waals surface area contributed by atoms with Crippen molar-refractivity contribution in [3.05, 3.63) is 83.2 Å². The number of amides is 1. The number of halogens is 1. The lowest BCUT2D eigenvalue weighted by atomic mass is 10.2. The van der Waals surface area contributed by atoms with E-state index in [2.05, 4.69) is 20.1 Å². The number of anilines is 2. The summed E-state index contributed by atoms with van der Waals surface area (Å²) in [6.45, 7) is 1.88. The number of carbonyl (C=O) groups excluding carboxylic acids is 1. The zero-order chi connectivity index (χ0) is 23.6. The second kappa shape index (κ2) is 9.05. The first-order valence-electron chi connectivity index (χ1n) is 9.89. The van der Waals surface area contributed by atoms with Crippen LogP contribution in [0.5, 0.6) is 0 Å². The van der Waals surface area contributed by atoms with Crippen LogP contribution in [0.1, 0.15) is 11.3 Å². The van der Waals surface area contributed by atoms with Gasteiger partial charge in [-0.15, -0.1) is 0 Å². The highest BCUT2D eigenvalue weighted by molar-refractivity contribution is 7.92. The number of fused-ring (bicyclic) bond motifs is 1. The number of hydrogen-bond donors (Lipinski definition) is 2. The van der Waals surface area contributed by atoms with Crippen LogP contribution in [0.15, 0.2) is 71.8 Å². The number of para-hydroxylation sites is 1. The van der Waals surface area contributed by atoms with E-state index < -0.39 is 10.0 Å². The first-order chi connectivity index (χ1) is 15.7. The number of benzene rings is 2. The molecule has 2 heterocycles. The van der Waals surface area contributed by atoms with Gasteiger partial charge >= 0.3 is 0 Å². The predicted octanol–water partition coefficient (Wildman–Crippen LogP) is 4.38. The summed E-state index contributed by atoms with van der Waals surface area (Å²) in [6.07, 6.45) is 4.53. The Kier molecular flexibility index (Phi) is 6.17. The lowest BCUT2D eigenvalue weighted by Crippen LogP contribution is -2.13. The van der Waals surface area contributed by atoms with Crippen LogP contribution in [0, 0.1) is 6.92 Å². The van der Waals surface area contributed by atoms with Crippen molar-refractivity contribution in [3.8, 4) is 0 Å². The lowest BCUT2D eigenvalue weighted by molar-refractivity contribution is -0.111. The topological polar surface area (TPSA) is 106 Å². The number of rotatable bonds is 6. The Morgan fingerprint density at radius 2 is 1.85 bits per heavy atom. The van der Waals surface area contributed by atoms with Gasteiger partial charge in [0.15, 0.2) is 5.65 Å². The van der Waals surface area contributed by atoms with Crippen molar-refractivity contribution in [2.45, 2.75) is 11.8 Å². The van der Waals surface area contributed by atoms with Gasteiger partial charge in [0, 0.05) is 18.5 Å². The molecule has 0 unspecified atom stereocenters. The summed E-state index contributed by atoms with van der Waals surface area (Å²) in [4.78, 5) is 16.7. The monoisotopic (exact) mass is 481 g/mol. The van der Waals surface area contributed by atoms with Crippen molar-refractivity contribution in [3.63, 3.8) is 0 Å². The van der Waals surface area contributed by atoms with E-state index in [-0.39, 0.29) is 10.8 Å². The molecule has 0 aliphatic rings. The maximum atomic E-state index is 12.6. The fraction of sp³-hybridized carbons (Fsp3) is 0.0870. The van der Waals surface area contributed by atoms with Gasteiger partial charge in [0.05, 0.1) is 33.2 Å². The summed E-state index contributed by atoms with van der Waals surface area (Å²) in [7, 11) is -1.98. The van der Waals surface area contributed by atoms with Crippen LogP contribution < -0.4 is 10.0 Å². The van der Waals surface area contributed by atoms with Gasteiger partial charge in [0.25, 0.3) is 10.0 Å². The van der Waals surface area contributed by atoms with E-state index in [4.69, 9.17) is 11.6 Å². The van der Waals surface area contributed by atoms with E-state index in [9.17, 15) is 13.2 Å². The highest BCUT2D eigenvalue weighted by Crippen LogP contribution is 2.24. The first kappa shape index (κ1) is 22.5. The molecule has 8 nitrogen and oxygen atoms in total. The van der Waals surface area contributed by atoms with Crippen LogP contribution in [0.25, 0.3) is 17.1 Å². The molecule has 0 aliphatic carbocycles. The number of aryl methyl sites for hydroxylation is 2. The molecule has 0 spiro atoms. The van der Waals surface area contributed by atoms with Crippen molar-refractivity contribution in [2.24, 2.45) is 7.05 Å². The fourth-order valence-electron chi connectivity index (χ4n) is 3.24. The first-order valence-corrected chi connectivity index (χ1v) is 11.7. The van der Waals surface area contributed by atoms with Gasteiger partial charge < -0.3 is 5.32 Å². The molecule has 2 aromatic heterocycles. The summed E-state index contributed by atoms with van der Waals surface area (Å²) < 4.78 is 29.3. The zero-order valence-corrected chi connectivity index (χ0v) is 19.4. The van der Waals surface area contributed by atoms with Gasteiger partial charge in [-0.05, 0) is 48.9 Å². The second-order valence-corrected chi connectivity index (χ2v) is 9.37. The van der Waals surface area contributed by atoms with Crippen molar-refractivity contribution in [1.29, 1.82) is 0 Å². The molecule has 4 aromatic rings. The summed E-state index contributed by atoms with van der Waals surface area (Å²) >= 11 is 6.03. The number of aromatic nitrogens is 3. The summed E-state index contributed by atoms with van der Waals surface area (Å²) in [5.74, 6) is -0.338. The van der Waals surface area contributed by atoms with Crippen molar-refractivity contribution in [2.75, 3.05) is 10.0 Å². The molecule has 10 heteroatoms. The normalized spacial score (nSPS) is 11.7. The Morgan fingerprint density at radius 3 is 2.58 bits per heavy atom. The van der Waals surface area contributed by atoms with Gasteiger partial charge in [-0.3, -0.25) is 14.2 Å². The van der Waals surface area contributed by atoms with E-state index in [0.717, 1.165) is 16.7 Å². The van der Waals surface area contributed by atoms with Crippen LogP contribution in [0.4, 0.5) is 11.4 Å². The van der Waals surface area contributed by atoms with Gasteiger partial charge in [0.2, 0.25) is 5.91 Å². The quantitative estimate of drug-likeness (QED) is 0.397. The van der Waals surface area contributed by atoms with Crippen LogP contribution in [0.2, 0.25) is 5.02 Å². The average molecular weight is 482 g/mol. The standard InChI is InChI=1S/C23H20ClN5O3S/c1-15-19-13-17(14-25-23(19)29(2)27-15)26-22(30)12-9-16-7-10-18(11-8-16)33(31,32)28-21-6-4-3-5-20(21)24/h3-14,28H,1-2H3,(H,26,30)/b12-9+. The molecule has 2 N–H and O–H groups in total. The minimum absolute atomic E-state index is 0.0789. The van der Waals surface area contributed by atoms with E-state index in [0.29, 0.717) is 22.0 Å². The third-order valence-corrected chi connectivity index (χ3v) is 6.58. The molecule has 0 atom stereocenters. The fourth-order valence-corrected chi connectivity index (χ4v) is 4.56. The summed E-state index contributed by atoms with van der Waals surface area (Å²) in [5, 5.41) is 8.25. The number of hydrogen-bond acceptors (Lipinski definition) is 5. The van der Waals surface area contributed by atoms with E-state index >= 15 is 0 Å².